The summed E-state index contributed by atoms with van der Waals surface area (Å²) in [6, 6.07) is 15.6. The maximum Gasteiger partial charge on any atom is 0.235 e. The molecule has 180 valence electrons. The highest BCUT2D eigenvalue weighted by Crippen LogP contribution is 2.33. The van der Waals surface area contributed by atoms with Gasteiger partial charge in [-0.3, -0.25) is 9.59 Å². The van der Waals surface area contributed by atoms with Crippen molar-refractivity contribution < 1.29 is 28.2 Å². The Morgan fingerprint density at radius 3 is 2.23 bits per heavy atom. The van der Waals surface area contributed by atoms with Crippen LogP contribution in [0.3, 0.4) is 0 Å². The van der Waals surface area contributed by atoms with Crippen molar-refractivity contribution in [1.82, 2.24) is 0 Å². The highest BCUT2D eigenvalue weighted by molar-refractivity contribution is 5.98. The van der Waals surface area contributed by atoms with Crippen LogP contribution in [-0.4, -0.2) is 33.7 Å². The van der Waals surface area contributed by atoms with Crippen molar-refractivity contribution in [3.8, 4) is 34.3 Å². The zero-order valence-corrected chi connectivity index (χ0v) is 20.3. The number of carbonyl (C=O) groups excluding carboxylic acids is 1. The third-order valence-corrected chi connectivity index (χ3v) is 5.70. The van der Waals surface area contributed by atoms with E-state index < -0.39 is 0 Å². The molecule has 0 unspecified atom stereocenters. The summed E-state index contributed by atoms with van der Waals surface area (Å²) in [6.45, 7) is 3.42. The van der Waals surface area contributed by atoms with Crippen molar-refractivity contribution >= 4 is 16.8 Å². The predicted octanol–water partition coefficient (Wildman–Crippen LogP) is 5.36. The summed E-state index contributed by atoms with van der Waals surface area (Å²) in [5, 5.41) is 0.418. The van der Waals surface area contributed by atoms with Gasteiger partial charge >= 0.3 is 0 Å². The number of methoxy groups -OCH3 is 3. The van der Waals surface area contributed by atoms with E-state index in [4.69, 9.17) is 23.4 Å². The van der Waals surface area contributed by atoms with E-state index in [1.807, 2.05) is 26.0 Å². The summed E-state index contributed by atoms with van der Waals surface area (Å²) in [5.74, 6) is 1.49. The molecular weight excluding hydrogens is 448 g/mol. The maximum atomic E-state index is 13.6. The van der Waals surface area contributed by atoms with Crippen LogP contribution in [-0.2, 0) is 0 Å². The van der Waals surface area contributed by atoms with Crippen molar-refractivity contribution in [2.45, 2.75) is 13.8 Å². The van der Waals surface area contributed by atoms with Crippen molar-refractivity contribution in [2.24, 2.45) is 0 Å². The molecule has 0 atom stereocenters. The topological polar surface area (TPSA) is 84.2 Å². The molecule has 0 aliphatic heterocycles. The van der Waals surface area contributed by atoms with E-state index in [1.165, 1.54) is 14.2 Å². The molecule has 1 heterocycles. The Bertz CT molecular complexity index is 1450. The van der Waals surface area contributed by atoms with Gasteiger partial charge in [-0.15, -0.1) is 0 Å². The zero-order valence-electron chi connectivity index (χ0n) is 20.3. The van der Waals surface area contributed by atoms with Gasteiger partial charge in [-0.25, -0.2) is 0 Å². The zero-order chi connectivity index (χ0) is 25.1. The fourth-order valence-corrected chi connectivity index (χ4v) is 3.97. The number of ketones is 1. The fraction of sp³-hybridized carbons (Fsp3) is 0.214. The lowest BCUT2D eigenvalue weighted by molar-refractivity contribution is 0.0920. The molecular formula is C28H26O7. The smallest absolute Gasteiger partial charge is 0.235 e. The Kier molecular flexibility index (Phi) is 6.78. The highest BCUT2D eigenvalue weighted by Gasteiger charge is 2.21. The molecule has 0 N–H and O–H groups in total. The third kappa shape index (κ3) is 4.71. The fourth-order valence-electron chi connectivity index (χ4n) is 3.97. The first kappa shape index (κ1) is 23.9. The number of rotatable bonds is 8. The van der Waals surface area contributed by atoms with Crippen LogP contribution >= 0.6 is 0 Å². The van der Waals surface area contributed by atoms with Crippen molar-refractivity contribution in [3.63, 3.8) is 0 Å². The first-order valence-electron chi connectivity index (χ1n) is 11.0. The van der Waals surface area contributed by atoms with Crippen LogP contribution in [0, 0.1) is 13.8 Å². The van der Waals surface area contributed by atoms with Gasteiger partial charge in [0.15, 0.2) is 29.6 Å². The molecule has 0 saturated carbocycles. The summed E-state index contributed by atoms with van der Waals surface area (Å²) < 4.78 is 27.8. The van der Waals surface area contributed by atoms with Crippen LogP contribution in [0.4, 0.5) is 0 Å². The molecule has 35 heavy (non-hydrogen) atoms. The largest absolute Gasteiger partial charge is 0.497 e. The number of hydrogen-bond donors (Lipinski definition) is 0. The number of aryl methyl sites for hydroxylation is 2. The number of benzene rings is 3. The monoisotopic (exact) mass is 474 g/mol. The standard InChI is InChI=1S/C28H26O7/c1-16-12-17(2)25-24(13-16)35-27(18-6-9-20(31-3)10-7-18)28(26(25)30)34-15-21(29)19-8-11-22(32-4)23(14-19)33-5/h6-14H,15H2,1-5H3. The second-order valence-corrected chi connectivity index (χ2v) is 8.05. The molecule has 0 spiro atoms. The molecule has 0 amide bonds. The van der Waals surface area contributed by atoms with Gasteiger partial charge in [0.25, 0.3) is 0 Å². The van der Waals surface area contributed by atoms with E-state index in [-0.39, 0.29) is 29.3 Å². The lowest BCUT2D eigenvalue weighted by Gasteiger charge is -2.14. The predicted molar refractivity (Wildman–Crippen MR) is 133 cm³/mol. The molecule has 3 aromatic carbocycles. The van der Waals surface area contributed by atoms with E-state index in [2.05, 4.69) is 0 Å². The molecule has 0 aliphatic carbocycles. The van der Waals surface area contributed by atoms with Crippen LogP contribution in [0.15, 0.2) is 63.8 Å². The van der Waals surface area contributed by atoms with Gasteiger partial charge in [0, 0.05) is 11.1 Å². The second-order valence-electron chi connectivity index (χ2n) is 8.05. The van der Waals surface area contributed by atoms with Gasteiger partial charge in [-0.05, 0) is 73.5 Å². The number of hydrogen-bond acceptors (Lipinski definition) is 7. The second kappa shape index (κ2) is 9.93. The van der Waals surface area contributed by atoms with Crippen LogP contribution in [0.2, 0.25) is 0 Å². The molecule has 0 fully saturated rings. The minimum absolute atomic E-state index is 0.0246. The number of carbonyl (C=O) groups is 1. The van der Waals surface area contributed by atoms with Crippen molar-refractivity contribution in [2.75, 3.05) is 27.9 Å². The Hall–Kier alpha value is -4.26. The molecule has 7 nitrogen and oxygen atoms in total. The lowest BCUT2D eigenvalue weighted by atomic mass is 10.0. The minimum atomic E-state index is -0.361. The first-order valence-corrected chi connectivity index (χ1v) is 11.0. The Morgan fingerprint density at radius 1 is 0.857 bits per heavy atom. The summed E-state index contributed by atoms with van der Waals surface area (Å²) in [6.07, 6.45) is 0. The summed E-state index contributed by atoms with van der Waals surface area (Å²) in [5.41, 5.74) is 2.84. The van der Waals surface area contributed by atoms with Crippen LogP contribution in [0.1, 0.15) is 21.5 Å². The molecule has 0 saturated heterocycles. The minimum Gasteiger partial charge on any atom is -0.497 e. The number of ether oxygens (including phenoxy) is 4. The molecule has 0 bridgehead atoms. The van der Waals surface area contributed by atoms with Crippen LogP contribution < -0.4 is 24.4 Å². The normalized spacial score (nSPS) is 10.8. The molecule has 4 aromatic rings. The lowest BCUT2D eigenvalue weighted by Crippen LogP contribution is -2.17. The Labute approximate surface area is 202 Å². The van der Waals surface area contributed by atoms with E-state index in [1.54, 1.807) is 49.6 Å². The SMILES string of the molecule is COc1ccc(-c2oc3cc(C)cc(C)c3c(=O)c2OCC(=O)c2ccc(OC)c(OC)c2)cc1. The Balaban J connectivity index is 1.77. The summed E-state index contributed by atoms with van der Waals surface area (Å²) in [4.78, 5) is 26.5. The van der Waals surface area contributed by atoms with Crippen LogP contribution in [0.25, 0.3) is 22.3 Å². The van der Waals surface area contributed by atoms with E-state index in [0.29, 0.717) is 39.3 Å². The number of Topliss-reactive ketones (excluding diaryl/α,β-unsaturated/α-hetero) is 1. The first-order chi connectivity index (χ1) is 16.9. The van der Waals surface area contributed by atoms with Crippen molar-refractivity contribution in [3.05, 3.63) is 81.5 Å². The van der Waals surface area contributed by atoms with Crippen molar-refractivity contribution in [1.29, 1.82) is 0 Å². The molecule has 1 aromatic heterocycles. The Morgan fingerprint density at radius 2 is 1.57 bits per heavy atom. The molecule has 4 rings (SSSR count). The van der Waals surface area contributed by atoms with Gasteiger partial charge < -0.3 is 23.4 Å². The average molecular weight is 475 g/mol. The molecule has 0 aliphatic rings. The van der Waals surface area contributed by atoms with E-state index in [9.17, 15) is 9.59 Å². The highest BCUT2D eigenvalue weighted by atomic mass is 16.5. The van der Waals surface area contributed by atoms with Gasteiger partial charge in [0.2, 0.25) is 11.2 Å². The van der Waals surface area contributed by atoms with Gasteiger partial charge in [0.1, 0.15) is 11.3 Å². The summed E-state index contributed by atoms with van der Waals surface area (Å²) >= 11 is 0. The molecule has 7 heteroatoms. The maximum absolute atomic E-state index is 13.6. The molecule has 0 radical (unpaired) electrons. The average Bonchev–Trinajstić information content (AvgIpc) is 2.86. The summed E-state index contributed by atoms with van der Waals surface area (Å²) in [7, 11) is 4.59. The van der Waals surface area contributed by atoms with Gasteiger partial charge in [-0.2, -0.15) is 0 Å². The third-order valence-electron chi connectivity index (χ3n) is 5.70. The number of fused-ring (bicyclic) bond motifs is 1. The van der Waals surface area contributed by atoms with E-state index in [0.717, 1.165) is 11.1 Å². The van der Waals surface area contributed by atoms with Crippen LogP contribution in [0.5, 0.6) is 23.0 Å². The van der Waals surface area contributed by atoms with Gasteiger partial charge in [-0.1, -0.05) is 6.07 Å². The van der Waals surface area contributed by atoms with Gasteiger partial charge in [0.05, 0.1) is 26.7 Å². The van der Waals surface area contributed by atoms with E-state index >= 15 is 0 Å². The quantitative estimate of drug-likeness (QED) is 0.318.